The highest BCUT2D eigenvalue weighted by Crippen LogP contribution is 2.05. The lowest BCUT2D eigenvalue weighted by molar-refractivity contribution is -0.137. The molecule has 0 aliphatic carbocycles. The lowest BCUT2D eigenvalue weighted by atomic mass is 10.1. The van der Waals surface area contributed by atoms with Crippen LogP contribution in [0.25, 0.3) is 0 Å². The first kappa shape index (κ1) is 38.7. The molecule has 260 valence electrons. The number of nitrogens with one attached hydrogen (secondary N) is 6. The van der Waals surface area contributed by atoms with E-state index in [0.717, 1.165) is 22.6 Å². The van der Waals surface area contributed by atoms with E-state index < -0.39 is 72.9 Å². The molecule has 0 radical (unpaired) electrons. The SMILES string of the molecule is CC(C)C(=O)COCNC(=O)CNC(=O)[C@H](Cc1ccccc1)NC(=O)CNC(=O)CNC(=O)CCNC(=O)CCN1C(=O)C=CC1=O. The van der Waals surface area contributed by atoms with Gasteiger partial charge in [-0.05, 0) is 5.56 Å². The Labute approximate surface area is 276 Å². The summed E-state index contributed by atoms with van der Waals surface area (Å²) in [5, 5.41) is 14.5. The fourth-order valence-electron chi connectivity index (χ4n) is 3.88. The van der Waals surface area contributed by atoms with Crippen LogP contribution in [0.4, 0.5) is 0 Å². The number of ether oxygens (including phenoxy) is 1. The molecule has 1 heterocycles. The molecule has 0 spiro atoms. The summed E-state index contributed by atoms with van der Waals surface area (Å²) in [4.78, 5) is 109. The molecule has 0 unspecified atom stereocenters. The molecule has 0 saturated heterocycles. The molecule has 0 aromatic heterocycles. The first-order chi connectivity index (χ1) is 22.8. The van der Waals surface area contributed by atoms with Crippen molar-refractivity contribution in [2.24, 2.45) is 5.92 Å². The number of benzene rings is 1. The van der Waals surface area contributed by atoms with Gasteiger partial charge in [0.05, 0.1) is 19.6 Å². The second kappa shape index (κ2) is 20.6. The Bertz CT molecular complexity index is 1360. The van der Waals surface area contributed by atoms with Crippen molar-refractivity contribution in [1.82, 2.24) is 36.8 Å². The first-order valence-electron chi connectivity index (χ1n) is 15.2. The maximum atomic E-state index is 12.9. The van der Waals surface area contributed by atoms with Crippen LogP contribution in [0.5, 0.6) is 0 Å². The largest absolute Gasteiger partial charge is 0.356 e. The van der Waals surface area contributed by atoms with Crippen LogP contribution in [-0.4, -0.2) is 110 Å². The molecule has 17 nitrogen and oxygen atoms in total. The van der Waals surface area contributed by atoms with Gasteiger partial charge >= 0.3 is 0 Å². The minimum absolute atomic E-state index is 0.0472. The van der Waals surface area contributed by atoms with Crippen molar-refractivity contribution in [3.63, 3.8) is 0 Å². The number of hydrogen-bond donors (Lipinski definition) is 6. The fraction of sp³-hybridized carbons (Fsp3) is 0.452. The zero-order valence-corrected chi connectivity index (χ0v) is 26.8. The van der Waals surface area contributed by atoms with E-state index in [1.165, 1.54) is 0 Å². The minimum Gasteiger partial charge on any atom is -0.356 e. The lowest BCUT2D eigenvalue weighted by Gasteiger charge is -2.19. The van der Waals surface area contributed by atoms with Crippen LogP contribution in [0.3, 0.4) is 0 Å². The molecule has 1 aromatic rings. The van der Waals surface area contributed by atoms with Gasteiger partial charge in [0.15, 0.2) is 5.78 Å². The standard InChI is InChI=1S/C31H41N7O10/c1-20(2)23(39)18-48-19-36-27(43)16-35-31(47)22(14-21-6-4-3-5-7-21)37-28(44)17-34-26(42)15-33-24(40)10-12-32-25(41)11-13-38-29(45)8-9-30(38)46/h3-9,20,22H,10-19H2,1-2H3,(H,32,41)(H,33,40)(H,34,42)(H,35,47)(H,36,43)(H,37,44)/t22-/m0/s1. The fourth-order valence-corrected chi connectivity index (χ4v) is 3.88. The summed E-state index contributed by atoms with van der Waals surface area (Å²) in [6.45, 7) is 1.55. The van der Waals surface area contributed by atoms with Gasteiger partial charge in [0, 0.05) is 50.4 Å². The zero-order valence-electron chi connectivity index (χ0n) is 26.8. The topological polar surface area (TPSA) is 238 Å². The number of amides is 8. The third-order valence-corrected chi connectivity index (χ3v) is 6.65. The van der Waals surface area contributed by atoms with E-state index in [1.807, 2.05) is 0 Å². The molecule has 1 aliphatic rings. The number of imide groups is 1. The van der Waals surface area contributed by atoms with Gasteiger partial charge < -0.3 is 36.6 Å². The Morgan fingerprint density at radius 3 is 1.96 bits per heavy atom. The number of Topliss-reactive ketones (excluding diaryl/α,β-unsaturated/α-hetero) is 1. The van der Waals surface area contributed by atoms with Crippen molar-refractivity contribution in [3.05, 3.63) is 48.0 Å². The molecule has 2 rings (SSSR count). The molecule has 1 aliphatic heterocycles. The normalized spacial score (nSPS) is 12.7. The maximum Gasteiger partial charge on any atom is 0.253 e. The van der Waals surface area contributed by atoms with Crippen LogP contribution >= 0.6 is 0 Å². The van der Waals surface area contributed by atoms with E-state index in [-0.39, 0.29) is 57.4 Å². The molecule has 8 amide bonds. The Morgan fingerprint density at radius 1 is 0.708 bits per heavy atom. The van der Waals surface area contributed by atoms with Crippen LogP contribution in [0, 0.1) is 5.92 Å². The summed E-state index contributed by atoms with van der Waals surface area (Å²) in [7, 11) is 0. The molecular formula is C31H41N7O10. The van der Waals surface area contributed by atoms with Gasteiger partial charge in [0.2, 0.25) is 35.4 Å². The Kier molecular flexibility index (Phi) is 16.6. The van der Waals surface area contributed by atoms with Crippen molar-refractivity contribution < 1.29 is 47.9 Å². The van der Waals surface area contributed by atoms with Crippen LogP contribution in [0.1, 0.15) is 32.3 Å². The van der Waals surface area contributed by atoms with Crippen molar-refractivity contribution in [3.8, 4) is 0 Å². The average molecular weight is 672 g/mol. The van der Waals surface area contributed by atoms with E-state index in [9.17, 15) is 43.2 Å². The summed E-state index contributed by atoms with van der Waals surface area (Å²) in [6, 6.07) is 7.71. The zero-order chi connectivity index (χ0) is 35.5. The average Bonchev–Trinajstić information content (AvgIpc) is 3.38. The first-order valence-corrected chi connectivity index (χ1v) is 15.2. The van der Waals surface area contributed by atoms with Crippen molar-refractivity contribution in [1.29, 1.82) is 0 Å². The monoisotopic (exact) mass is 671 g/mol. The van der Waals surface area contributed by atoms with Crippen LogP contribution < -0.4 is 31.9 Å². The van der Waals surface area contributed by atoms with E-state index in [2.05, 4.69) is 31.9 Å². The van der Waals surface area contributed by atoms with E-state index in [4.69, 9.17) is 4.74 Å². The highest BCUT2D eigenvalue weighted by molar-refractivity contribution is 6.13. The van der Waals surface area contributed by atoms with Gasteiger partial charge in [0.1, 0.15) is 19.4 Å². The summed E-state index contributed by atoms with van der Waals surface area (Å²) < 4.78 is 5.10. The smallest absolute Gasteiger partial charge is 0.253 e. The van der Waals surface area contributed by atoms with Gasteiger partial charge in [-0.3, -0.25) is 48.1 Å². The number of ketones is 1. The van der Waals surface area contributed by atoms with Crippen LogP contribution in [0.2, 0.25) is 0 Å². The molecule has 48 heavy (non-hydrogen) atoms. The Hall–Kier alpha value is -5.45. The summed E-state index contributed by atoms with van der Waals surface area (Å²) in [5.41, 5.74) is 0.725. The van der Waals surface area contributed by atoms with Crippen LogP contribution in [-0.2, 0) is 54.3 Å². The maximum absolute atomic E-state index is 12.9. The van der Waals surface area contributed by atoms with E-state index >= 15 is 0 Å². The predicted octanol–water partition coefficient (Wildman–Crippen LogP) is -2.80. The number of carbonyl (C=O) groups is 9. The molecule has 0 bridgehead atoms. The molecule has 1 atom stereocenters. The number of nitrogens with zero attached hydrogens (tertiary/aromatic N) is 1. The van der Waals surface area contributed by atoms with Gasteiger partial charge in [-0.2, -0.15) is 0 Å². The van der Waals surface area contributed by atoms with Crippen molar-refractivity contribution in [2.45, 2.75) is 39.2 Å². The van der Waals surface area contributed by atoms with Crippen molar-refractivity contribution >= 4 is 53.0 Å². The lowest BCUT2D eigenvalue weighted by Crippen LogP contribution is -2.52. The molecule has 17 heteroatoms. The molecule has 0 saturated carbocycles. The predicted molar refractivity (Wildman–Crippen MR) is 168 cm³/mol. The molecule has 1 aromatic carbocycles. The third-order valence-electron chi connectivity index (χ3n) is 6.65. The Balaban J connectivity index is 1.70. The highest BCUT2D eigenvalue weighted by atomic mass is 16.5. The Morgan fingerprint density at radius 2 is 1.29 bits per heavy atom. The third kappa shape index (κ3) is 15.2. The highest BCUT2D eigenvalue weighted by Gasteiger charge is 2.24. The summed E-state index contributed by atoms with van der Waals surface area (Å²) in [6.07, 6.45) is 2.03. The molecule has 6 N–H and O–H groups in total. The van der Waals surface area contributed by atoms with E-state index in [0.29, 0.717) is 0 Å². The molecule has 0 fully saturated rings. The second-order valence-electron chi connectivity index (χ2n) is 10.8. The minimum atomic E-state index is -1.09. The van der Waals surface area contributed by atoms with Gasteiger partial charge in [-0.15, -0.1) is 0 Å². The molecular weight excluding hydrogens is 630 g/mol. The second-order valence-corrected chi connectivity index (χ2v) is 10.8. The number of rotatable bonds is 21. The van der Waals surface area contributed by atoms with Gasteiger partial charge in [0.25, 0.3) is 11.8 Å². The summed E-state index contributed by atoms with van der Waals surface area (Å²) >= 11 is 0. The summed E-state index contributed by atoms with van der Waals surface area (Å²) in [5.74, 6) is -4.97. The van der Waals surface area contributed by atoms with Gasteiger partial charge in [-0.1, -0.05) is 44.2 Å². The van der Waals surface area contributed by atoms with Gasteiger partial charge in [-0.25, -0.2) is 0 Å². The number of carbonyl (C=O) groups excluding carboxylic acids is 9. The van der Waals surface area contributed by atoms with Crippen molar-refractivity contribution in [2.75, 3.05) is 46.1 Å². The van der Waals surface area contributed by atoms with Crippen LogP contribution in [0.15, 0.2) is 42.5 Å². The number of hydrogen-bond acceptors (Lipinski definition) is 10. The quantitative estimate of drug-likeness (QED) is 0.0446. The van der Waals surface area contributed by atoms with E-state index in [1.54, 1.807) is 44.2 Å².